The van der Waals surface area contributed by atoms with E-state index < -0.39 is 17.8 Å². The van der Waals surface area contributed by atoms with E-state index in [1.54, 1.807) is 18.2 Å². The second kappa shape index (κ2) is 8.35. The number of ether oxygens (including phenoxy) is 3. The Bertz CT molecular complexity index is 1110. The number of carbonyl (C=O) groups is 3. The summed E-state index contributed by atoms with van der Waals surface area (Å²) in [6.45, 7) is 3.15. The summed E-state index contributed by atoms with van der Waals surface area (Å²) in [5.41, 5.74) is 2.33. The number of nitrogens with one attached hydrogen (secondary N) is 1. The van der Waals surface area contributed by atoms with E-state index in [2.05, 4.69) is 10.2 Å². The molecule has 32 heavy (non-hydrogen) atoms. The molecule has 9 heteroatoms. The molecule has 2 saturated heterocycles. The molecule has 3 aliphatic rings. The predicted molar refractivity (Wildman–Crippen MR) is 114 cm³/mol. The fraction of sp³-hybridized carbons (Fsp3) is 0.261. The number of carbonyl (C=O) groups excluding carboxylic acids is 3. The third-order valence-corrected chi connectivity index (χ3v) is 5.54. The monoisotopic (exact) mass is 435 g/mol. The van der Waals surface area contributed by atoms with Crippen molar-refractivity contribution < 1.29 is 28.6 Å². The van der Waals surface area contributed by atoms with Gasteiger partial charge < -0.3 is 19.1 Å². The van der Waals surface area contributed by atoms with Crippen molar-refractivity contribution in [1.82, 2.24) is 10.2 Å². The Balaban J connectivity index is 1.35. The third-order valence-electron chi connectivity index (χ3n) is 5.54. The Hall–Kier alpha value is -3.85. The van der Waals surface area contributed by atoms with Gasteiger partial charge in [-0.1, -0.05) is 18.2 Å². The first kappa shape index (κ1) is 20.1. The molecule has 0 saturated carbocycles. The number of rotatable bonds is 4. The molecule has 4 amide bonds. The fourth-order valence-electron chi connectivity index (χ4n) is 3.83. The van der Waals surface area contributed by atoms with Gasteiger partial charge in [-0.05, 0) is 41.5 Å². The lowest BCUT2D eigenvalue weighted by molar-refractivity contribution is -0.130. The first-order valence-electron chi connectivity index (χ1n) is 10.3. The number of barbiturate groups is 1. The number of anilines is 1. The minimum atomic E-state index is -0.752. The zero-order valence-corrected chi connectivity index (χ0v) is 17.2. The van der Waals surface area contributed by atoms with Gasteiger partial charge in [0, 0.05) is 18.8 Å². The topological polar surface area (TPSA) is 97.4 Å². The van der Waals surface area contributed by atoms with E-state index in [-0.39, 0.29) is 18.9 Å². The molecule has 3 aliphatic heterocycles. The van der Waals surface area contributed by atoms with Crippen molar-refractivity contribution in [2.75, 3.05) is 38.0 Å². The molecule has 2 aromatic carbocycles. The number of amides is 4. The highest BCUT2D eigenvalue weighted by Crippen LogP contribution is 2.33. The molecule has 0 aromatic heterocycles. The summed E-state index contributed by atoms with van der Waals surface area (Å²) in [4.78, 5) is 40.9. The van der Waals surface area contributed by atoms with Crippen molar-refractivity contribution in [3.05, 3.63) is 59.2 Å². The van der Waals surface area contributed by atoms with Crippen molar-refractivity contribution in [1.29, 1.82) is 0 Å². The Labute approximate surface area is 184 Å². The van der Waals surface area contributed by atoms with Crippen LogP contribution in [0.3, 0.4) is 0 Å². The summed E-state index contributed by atoms with van der Waals surface area (Å²) in [5.74, 6) is -0.188. The molecule has 2 fully saturated rings. The summed E-state index contributed by atoms with van der Waals surface area (Å²) in [5, 5.41) is 2.25. The Morgan fingerprint density at radius 3 is 2.47 bits per heavy atom. The molecule has 0 bridgehead atoms. The van der Waals surface area contributed by atoms with Gasteiger partial charge in [0.2, 0.25) is 6.79 Å². The van der Waals surface area contributed by atoms with E-state index >= 15 is 0 Å². The summed E-state index contributed by atoms with van der Waals surface area (Å²) in [6.07, 6.45) is 1.50. The van der Waals surface area contributed by atoms with Crippen LogP contribution < -0.4 is 19.7 Å². The van der Waals surface area contributed by atoms with E-state index in [0.717, 1.165) is 23.7 Å². The first-order valence-corrected chi connectivity index (χ1v) is 10.3. The normalized spacial score (nSPS) is 19.5. The van der Waals surface area contributed by atoms with Crippen LogP contribution in [0.5, 0.6) is 11.5 Å². The van der Waals surface area contributed by atoms with Crippen molar-refractivity contribution in [2.45, 2.75) is 6.54 Å². The van der Waals surface area contributed by atoms with Gasteiger partial charge in [0.05, 0.1) is 19.8 Å². The highest BCUT2D eigenvalue weighted by Gasteiger charge is 2.36. The van der Waals surface area contributed by atoms with Crippen LogP contribution in [0.25, 0.3) is 6.08 Å². The van der Waals surface area contributed by atoms with Gasteiger partial charge in [0.1, 0.15) is 5.57 Å². The van der Waals surface area contributed by atoms with Crippen molar-refractivity contribution in [2.24, 2.45) is 0 Å². The molecule has 2 aromatic rings. The quantitative estimate of drug-likeness (QED) is 0.579. The van der Waals surface area contributed by atoms with Gasteiger partial charge in [-0.25, -0.2) is 4.79 Å². The average Bonchev–Trinajstić information content (AvgIpc) is 3.28. The molecule has 164 valence electrons. The number of fused-ring (bicyclic) bond motifs is 1. The number of morpholine rings is 1. The maximum absolute atomic E-state index is 13.0. The van der Waals surface area contributed by atoms with Crippen LogP contribution in [-0.2, 0) is 20.9 Å². The van der Waals surface area contributed by atoms with Gasteiger partial charge in [0.25, 0.3) is 11.8 Å². The lowest BCUT2D eigenvalue weighted by Gasteiger charge is -2.29. The van der Waals surface area contributed by atoms with Gasteiger partial charge in [-0.2, -0.15) is 0 Å². The van der Waals surface area contributed by atoms with Crippen LogP contribution >= 0.6 is 0 Å². The van der Waals surface area contributed by atoms with E-state index in [1.165, 1.54) is 6.08 Å². The molecule has 0 aliphatic carbocycles. The SMILES string of the molecule is O=C1NC(=O)N(Cc2ccc3c(c2)OCO3)C(=O)/C1=C/c1ccc(N2CCOCC2)cc1. The molecule has 9 nitrogen and oxygen atoms in total. The largest absolute Gasteiger partial charge is 0.454 e. The number of nitrogens with zero attached hydrogens (tertiary/aromatic N) is 2. The number of benzene rings is 2. The highest BCUT2D eigenvalue weighted by molar-refractivity contribution is 6.30. The first-order chi connectivity index (χ1) is 15.6. The second-order valence-electron chi connectivity index (χ2n) is 7.59. The molecule has 0 atom stereocenters. The maximum atomic E-state index is 13.0. The van der Waals surface area contributed by atoms with Crippen LogP contribution in [0.4, 0.5) is 10.5 Å². The summed E-state index contributed by atoms with van der Waals surface area (Å²) >= 11 is 0. The van der Waals surface area contributed by atoms with Crippen molar-refractivity contribution in [3.8, 4) is 11.5 Å². The maximum Gasteiger partial charge on any atom is 0.331 e. The van der Waals surface area contributed by atoms with Gasteiger partial charge >= 0.3 is 6.03 Å². The molecule has 5 rings (SSSR count). The number of urea groups is 1. The van der Waals surface area contributed by atoms with Crippen LogP contribution in [0.2, 0.25) is 0 Å². The highest BCUT2D eigenvalue weighted by atomic mass is 16.7. The second-order valence-corrected chi connectivity index (χ2v) is 7.59. The van der Waals surface area contributed by atoms with Crippen molar-refractivity contribution in [3.63, 3.8) is 0 Å². The number of hydrogen-bond acceptors (Lipinski definition) is 7. The molecular formula is C23H21N3O6. The summed E-state index contributed by atoms with van der Waals surface area (Å²) in [6, 6.07) is 12.0. The van der Waals surface area contributed by atoms with Gasteiger partial charge in [0.15, 0.2) is 11.5 Å². The molecule has 3 heterocycles. The zero-order chi connectivity index (χ0) is 22.1. The minimum absolute atomic E-state index is 0.00188. The Kier molecular flexibility index (Phi) is 5.24. The molecule has 0 unspecified atom stereocenters. The number of imide groups is 2. The zero-order valence-electron chi connectivity index (χ0n) is 17.2. The molecule has 1 N–H and O–H groups in total. The fourth-order valence-corrected chi connectivity index (χ4v) is 3.83. The van der Waals surface area contributed by atoms with Gasteiger partial charge in [-0.15, -0.1) is 0 Å². The Morgan fingerprint density at radius 1 is 0.938 bits per heavy atom. The van der Waals surface area contributed by atoms with Crippen LogP contribution in [0.1, 0.15) is 11.1 Å². The molecule has 0 spiro atoms. The minimum Gasteiger partial charge on any atom is -0.454 e. The third kappa shape index (κ3) is 3.90. The summed E-state index contributed by atoms with van der Waals surface area (Å²) in [7, 11) is 0. The Morgan fingerprint density at radius 2 is 1.69 bits per heavy atom. The van der Waals surface area contributed by atoms with Crippen molar-refractivity contribution >= 4 is 29.6 Å². The standard InChI is InChI=1S/C23H21N3O6/c27-21-18(11-15-1-4-17(5-2-15)25-7-9-30-10-8-25)22(28)26(23(29)24-21)13-16-3-6-19-20(12-16)32-14-31-19/h1-6,11-12H,7-10,13-14H2,(H,24,27,29)/b18-11+. The van der Waals surface area contributed by atoms with E-state index in [4.69, 9.17) is 14.2 Å². The van der Waals surface area contributed by atoms with E-state index in [1.807, 2.05) is 24.3 Å². The van der Waals surface area contributed by atoms with Gasteiger partial charge in [-0.3, -0.25) is 19.8 Å². The average molecular weight is 435 g/mol. The van der Waals surface area contributed by atoms with E-state index in [0.29, 0.717) is 35.8 Å². The summed E-state index contributed by atoms with van der Waals surface area (Å²) < 4.78 is 16.0. The van der Waals surface area contributed by atoms with Crippen LogP contribution in [0.15, 0.2) is 48.0 Å². The number of hydrogen-bond donors (Lipinski definition) is 1. The molecular weight excluding hydrogens is 414 g/mol. The molecule has 0 radical (unpaired) electrons. The smallest absolute Gasteiger partial charge is 0.331 e. The lowest BCUT2D eigenvalue weighted by Crippen LogP contribution is -2.53. The van der Waals surface area contributed by atoms with Crippen LogP contribution in [-0.4, -0.2) is 55.8 Å². The van der Waals surface area contributed by atoms with E-state index in [9.17, 15) is 14.4 Å². The predicted octanol–water partition coefficient (Wildman–Crippen LogP) is 1.91. The lowest BCUT2D eigenvalue weighted by atomic mass is 10.1. The van der Waals surface area contributed by atoms with Crippen LogP contribution in [0, 0.1) is 0 Å².